The van der Waals surface area contributed by atoms with Gasteiger partial charge in [0, 0.05) is 19.5 Å². The van der Waals surface area contributed by atoms with Gasteiger partial charge in [0.05, 0.1) is 9.88 Å². The summed E-state index contributed by atoms with van der Waals surface area (Å²) >= 11 is 3.58. The zero-order valence-electron chi connectivity index (χ0n) is 8.16. The maximum atomic E-state index is 11.1. The molecule has 0 aromatic carbocycles. The van der Waals surface area contributed by atoms with Crippen LogP contribution in [0.2, 0.25) is 0 Å². The zero-order chi connectivity index (χ0) is 9.97. The van der Waals surface area contributed by atoms with Gasteiger partial charge in [0.1, 0.15) is 0 Å². The van der Waals surface area contributed by atoms with Crippen molar-refractivity contribution in [3.63, 3.8) is 0 Å². The van der Waals surface area contributed by atoms with Crippen molar-refractivity contribution in [2.75, 3.05) is 11.5 Å². The smallest absolute Gasteiger partial charge is 0.171 e. The first kappa shape index (κ1) is 10.2. The van der Waals surface area contributed by atoms with Crippen LogP contribution < -0.4 is 0 Å². The van der Waals surface area contributed by atoms with E-state index in [2.05, 4.69) is 4.98 Å². The van der Waals surface area contributed by atoms with Crippen LogP contribution in [0, 0.1) is 5.92 Å². The van der Waals surface area contributed by atoms with E-state index in [0.717, 1.165) is 22.2 Å². The van der Waals surface area contributed by atoms with Crippen molar-refractivity contribution in [2.24, 2.45) is 5.92 Å². The Morgan fingerprint density at radius 3 is 3.14 bits per heavy atom. The molecule has 0 radical (unpaired) electrons. The molecule has 2 nitrogen and oxygen atoms in total. The lowest BCUT2D eigenvalue weighted by molar-refractivity contribution is 0.102. The molecule has 4 heteroatoms. The lowest BCUT2D eigenvalue weighted by Crippen LogP contribution is -2.01. The summed E-state index contributed by atoms with van der Waals surface area (Å²) in [4.78, 5) is 16.1. The lowest BCUT2D eigenvalue weighted by Gasteiger charge is -2.03. The summed E-state index contributed by atoms with van der Waals surface area (Å²) in [6.07, 6.45) is 4.08. The molecular weight excluding hydrogens is 214 g/mol. The van der Waals surface area contributed by atoms with Crippen LogP contribution in [0.5, 0.6) is 0 Å². The van der Waals surface area contributed by atoms with Gasteiger partial charge in [-0.3, -0.25) is 4.79 Å². The largest absolute Gasteiger partial charge is 0.294 e. The van der Waals surface area contributed by atoms with E-state index in [0.29, 0.717) is 0 Å². The zero-order valence-corrected chi connectivity index (χ0v) is 9.79. The maximum absolute atomic E-state index is 11.1. The second kappa shape index (κ2) is 4.45. The first-order valence-corrected chi connectivity index (χ1v) is 6.76. The van der Waals surface area contributed by atoms with Crippen LogP contribution in [-0.2, 0) is 6.42 Å². The van der Waals surface area contributed by atoms with E-state index in [4.69, 9.17) is 0 Å². The lowest BCUT2D eigenvalue weighted by atomic mass is 10.1. The molecule has 76 valence electrons. The molecule has 0 N–H and O–H groups in total. The normalized spacial score (nSPS) is 21.4. The highest BCUT2D eigenvalue weighted by atomic mass is 32.2. The number of hydrogen-bond donors (Lipinski definition) is 0. The topological polar surface area (TPSA) is 30.0 Å². The third kappa shape index (κ3) is 2.36. The SMILES string of the molecule is CC(=O)c1cnc(CC2CCSC2)s1. The van der Waals surface area contributed by atoms with Crippen molar-refractivity contribution in [3.8, 4) is 0 Å². The van der Waals surface area contributed by atoms with Crippen molar-refractivity contribution < 1.29 is 4.79 Å². The number of thiazole rings is 1. The van der Waals surface area contributed by atoms with Gasteiger partial charge in [-0.1, -0.05) is 0 Å². The minimum atomic E-state index is 0.134. The molecule has 0 bridgehead atoms. The van der Waals surface area contributed by atoms with E-state index < -0.39 is 0 Å². The van der Waals surface area contributed by atoms with Gasteiger partial charge in [0.15, 0.2) is 5.78 Å². The van der Waals surface area contributed by atoms with E-state index in [-0.39, 0.29) is 5.78 Å². The number of rotatable bonds is 3. The Bertz CT molecular complexity index is 329. The Hall–Kier alpha value is -0.350. The average molecular weight is 227 g/mol. The highest BCUT2D eigenvalue weighted by molar-refractivity contribution is 7.99. The van der Waals surface area contributed by atoms with Crippen molar-refractivity contribution in [1.82, 2.24) is 4.98 Å². The molecule has 1 atom stereocenters. The Morgan fingerprint density at radius 2 is 2.57 bits per heavy atom. The van der Waals surface area contributed by atoms with Crippen LogP contribution in [-0.4, -0.2) is 22.3 Å². The van der Waals surface area contributed by atoms with Gasteiger partial charge < -0.3 is 0 Å². The van der Waals surface area contributed by atoms with Crippen LogP contribution >= 0.6 is 23.1 Å². The van der Waals surface area contributed by atoms with Crippen LogP contribution in [0.3, 0.4) is 0 Å². The van der Waals surface area contributed by atoms with Gasteiger partial charge in [-0.15, -0.1) is 11.3 Å². The number of Topliss-reactive ketones (excluding diaryl/α,β-unsaturated/α-hetero) is 1. The molecular formula is C10H13NOS2. The first-order valence-electron chi connectivity index (χ1n) is 4.79. The van der Waals surface area contributed by atoms with Gasteiger partial charge >= 0.3 is 0 Å². The quantitative estimate of drug-likeness (QED) is 0.744. The number of thioether (sulfide) groups is 1. The van der Waals surface area contributed by atoms with E-state index in [1.165, 1.54) is 17.9 Å². The van der Waals surface area contributed by atoms with Crippen LogP contribution in [0.15, 0.2) is 6.20 Å². The third-order valence-corrected chi connectivity index (χ3v) is 4.74. The molecule has 1 unspecified atom stereocenters. The molecule has 2 rings (SSSR count). The summed E-state index contributed by atoms with van der Waals surface area (Å²) in [5, 5.41) is 1.13. The van der Waals surface area contributed by atoms with Crippen molar-refractivity contribution in [1.29, 1.82) is 0 Å². The number of ketones is 1. The van der Waals surface area contributed by atoms with Gasteiger partial charge in [0.25, 0.3) is 0 Å². The highest BCUT2D eigenvalue weighted by Crippen LogP contribution is 2.27. The Balaban J connectivity index is 1.98. The van der Waals surface area contributed by atoms with Gasteiger partial charge in [-0.25, -0.2) is 4.98 Å². The fourth-order valence-corrected chi connectivity index (χ4v) is 3.77. The number of aromatic nitrogens is 1. The molecule has 0 aliphatic carbocycles. The van der Waals surface area contributed by atoms with Crippen molar-refractivity contribution >= 4 is 28.9 Å². The molecule has 1 aliphatic heterocycles. The molecule has 1 aliphatic rings. The van der Waals surface area contributed by atoms with Crippen LogP contribution in [0.4, 0.5) is 0 Å². The molecule has 1 saturated heterocycles. The van der Waals surface area contributed by atoms with E-state index in [9.17, 15) is 4.79 Å². The first-order chi connectivity index (χ1) is 6.75. The minimum Gasteiger partial charge on any atom is -0.294 e. The summed E-state index contributed by atoms with van der Waals surface area (Å²) in [5.74, 6) is 3.46. The molecule has 0 spiro atoms. The predicted octanol–water partition coefficient (Wildman–Crippen LogP) is 2.64. The highest BCUT2D eigenvalue weighted by Gasteiger charge is 2.17. The minimum absolute atomic E-state index is 0.134. The van der Waals surface area contributed by atoms with E-state index >= 15 is 0 Å². The monoisotopic (exact) mass is 227 g/mol. The summed E-state index contributed by atoms with van der Waals surface area (Å²) in [6, 6.07) is 0. The molecule has 1 fully saturated rings. The molecule has 1 aromatic rings. The fourth-order valence-electron chi connectivity index (χ4n) is 1.56. The summed E-state index contributed by atoms with van der Waals surface area (Å²) in [7, 11) is 0. The Morgan fingerprint density at radius 1 is 1.71 bits per heavy atom. The predicted molar refractivity (Wildman–Crippen MR) is 61.3 cm³/mol. The van der Waals surface area contributed by atoms with Crippen LogP contribution in [0.25, 0.3) is 0 Å². The second-order valence-corrected chi connectivity index (χ2v) is 5.87. The van der Waals surface area contributed by atoms with Crippen LogP contribution in [0.1, 0.15) is 28.0 Å². The van der Waals surface area contributed by atoms with Crippen molar-refractivity contribution in [2.45, 2.75) is 19.8 Å². The van der Waals surface area contributed by atoms with E-state index in [1.807, 2.05) is 11.8 Å². The fraction of sp³-hybridized carbons (Fsp3) is 0.600. The average Bonchev–Trinajstić information content (AvgIpc) is 2.75. The number of carbonyl (C=O) groups is 1. The number of nitrogens with zero attached hydrogens (tertiary/aromatic N) is 1. The summed E-state index contributed by atoms with van der Waals surface area (Å²) in [5.41, 5.74) is 0. The van der Waals surface area contributed by atoms with Gasteiger partial charge in [-0.05, 0) is 23.8 Å². The Kier molecular flexibility index (Phi) is 3.23. The summed E-state index contributed by atoms with van der Waals surface area (Å²) in [6.45, 7) is 1.60. The van der Waals surface area contributed by atoms with Gasteiger partial charge in [0.2, 0.25) is 0 Å². The number of carbonyl (C=O) groups excluding carboxylic acids is 1. The Labute approximate surface area is 92.1 Å². The van der Waals surface area contributed by atoms with Gasteiger partial charge in [-0.2, -0.15) is 11.8 Å². The second-order valence-electron chi connectivity index (χ2n) is 3.61. The van der Waals surface area contributed by atoms with E-state index in [1.54, 1.807) is 24.5 Å². The third-order valence-electron chi connectivity index (χ3n) is 2.39. The maximum Gasteiger partial charge on any atom is 0.171 e. The molecule has 0 saturated carbocycles. The molecule has 2 heterocycles. The number of hydrogen-bond acceptors (Lipinski definition) is 4. The van der Waals surface area contributed by atoms with Crippen molar-refractivity contribution in [3.05, 3.63) is 16.1 Å². The summed E-state index contributed by atoms with van der Waals surface area (Å²) < 4.78 is 0. The molecule has 1 aromatic heterocycles. The molecule has 0 amide bonds. The standard InChI is InChI=1S/C10H13NOS2/c1-7(12)9-5-11-10(14-9)4-8-2-3-13-6-8/h5,8H,2-4,6H2,1H3. The molecule has 14 heavy (non-hydrogen) atoms.